The molecule has 0 radical (unpaired) electrons. The van der Waals surface area contributed by atoms with Crippen LogP contribution in [0, 0.1) is 6.92 Å². The molecule has 0 atom stereocenters. The molecular formula is C19H18ClN3O5. The Labute approximate surface area is 166 Å². The molecule has 1 amide bonds. The predicted molar refractivity (Wildman–Crippen MR) is 102 cm³/mol. The van der Waals surface area contributed by atoms with Crippen LogP contribution in [-0.4, -0.2) is 28.8 Å². The van der Waals surface area contributed by atoms with Crippen molar-refractivity contribution in [3.05, 3.63) is 64.3 Å². The SMILES string of the molecule is COC(=O)c1c(NC(=O)c2ccc(COc3cccc(Cl)c3)o2)c(C)nn1C. The first kappa shape index (κ1) is 19.5. The maximum atomic E-state index is 12.5. The number of benzene rings is 1. The predicted octanol–water partition coefficient (Wildman–Crippen LogP) is 3.59. The third kappa shape index (κ3) is 4.17. The molecule has 9 heteroatoms. The third-order valence-corrected chi connectivity index (χ3v) is 4.14. The Morgan fingerprint density at radius 3 is 2.79 bits per heavy atom. The van der Waals surface area contributed by atoms with Crippen LogP contribution in [0.25, 0.3) is 0 Å². The zero-order valence-corrected chi connectivity index (χ0v) is 16.2. The van der Waals surface area contributed by atoms with Gasteiger partial charge in [-0.25, -0.2) is 4.79 Å². The highest BCUT2D eigenvalue weighted by Gasteiger charge is 2.23. The smallest absolute Gasteiger partial charge is 0.358 e. The summed E-state index contributed by atoms with van der Waals surface area (Å²) in [5.41, 5.74) is 0.893. The molecule has 0 bridgehead atoms. The summed E-state index contributed by atoms with van der Waals surface area (Å²) in [7, 11) is 2.85. The van der Waals surface area contributed by atoms with Crippen LogP contribution in [0.2, 0.25) is 5.02 Å². The van der Waals surface area contributed by atoms with Crippen molar-refractivity contribution in [2.24, 2.45) is 7.05 Å². The normalized spacial score (nSPS) is 10.6. The van der Waals surface area contributed by atoms with E-state index in [9.17, 15) is 9.59 Å². The summed E-state index contributed by atoms with van der Waals surface area (Å²) in [5.74, 6) is -0.00249. The number of anilines is 1. The van der Waals surface area contributed by atoms with Gasteiger partial charge in [0.25, 0.3) is 5.91 Å². The van der Waals surface area contributed by atoms with Gasteiger partial charge in [0.05, 0.1) is 18.5 Å². The highest BCUT2D eigenvalue weighted by Crippen LogP contribution is 2.23. The summed E-state index contributed by atoms with van der Waals surface area (Å²) in [6.45, 7) is 1.81. The Hall–Kier alpha value is -3.26. The molecule has 0 aliphatic heterocycles. The number of aryl methyl sites for hydroxylation is 2. The minimum Gasteiger partial charge on any atom is -0.486 e. The van der Waals surface area contributed by atoms with E-state index in [4.69, 9.17) is 25.5 Å². The Balaban J connectivity index is 1.70. The van der Waals surface area contributed by atoms with Gasteiger partial charge in [0.15, 0.2) is 11.5 Å². The van der Waals surface area contributed by atoms with Gasteiger partial charge >= 0.3 is 5.97 Å². The molecule has 0 saturated carbocycles. The summed E-state index contributed by atoms with van der Waals surface area (Å²) >= 11 is 5.91. The van der Waals surface area contributed by atoms with Gasteiger partial charge in [-0.05, 0) is 37.3 Å². The number of nitrogens with one attached hydrogen (secondary N) is 1. The molecule has 0 aliphatic rings. The lowest BCUT2D eigenvalue weighted by atomic mass is 10.3. The third-order valence-electron chi connectivity index (χ3n) is 3.90. The minimum atomic E-state index is -0.603. The van der Waals surface area contributed by atoms with Crippen LogP contribution in [0.4, 0.5) is 5.69 Å². The fourth-order valence-corrected chi connectivity index (χ4v) is 2.78. The topological polar surface area (TPSA) is 95.6 Å². The van der Waals surface area contributed by atoms with Crippen molar-refractivity contribution in [1.29, 1.82) is 0 Å². The molecule has 1 aromatic carbocycles. The molecule has 2 heterocycles. The second kappa shape index (κ2) is 8.18. The van der Waals surface area contributed by atoms with E-state index >= 15 is 0 Å². The quantitative estimate of drug-likeness (QED) is 0.632. The highest BCUT2D eigenvalue weighted by atomic mass is 35.5. The van der Waals surface area contributed by atoms with E-state index < -0.39 is 11.9 Å². The number of esters is 1. The van der Waals surface area contributed by atoms with Crippen molar-refractivity contribution in [1.82, 2.24) is 9.78 Å². The van der Waals surface area contributed by atoms with Crippen LogP contribution < -0.4 is 10.1 Å². The second-order valence-electron chi connectivity index (χ2n) is 5.89. The number of hydrogen-bond acceptors (Lipinski definition) is 6. The summed E-state index contributed by atoms with van der Waals surface area (Å²) in [5, 5.41) is 7.35. The average molecular weight is 404 g/mol. The average Bonchev–Trinajstić information content (AvgIpc) is 3.24. The number of halogens is 1. The van der Waals surface area contributed by atoms with Crippen LogP contribution in [0.15, 0.2) is 40.8 Å². The van der Waals surface area contributed by atoms with Crippen LogP contribution in [0.3, 0.4) is 0 Å². The highest BCUT2D eigenvalue weighted by molar-refractivity contribution is 6.30. The first-order valence-corrected chi connectivity index (χ1v) is 8.67. The number of hydrogen-bond donors (Lipinski definition) is 1. The first-order chi connectivity index (χ1) is 13.4. The van der Waals surface area contributed by atoms with Crippen molar-refractivity contribution in [2.75, 3.05) is 12.4 Å². The molecule has 1 N–H and O–H groups in total. The van der Waals surface area contributed by atoms with Crippen LogP contribution in [-0.2, 0) is 18.4 Å². The fraction of sp³-hybridized carbons (Fsp3) is 0.211. The summed E-state index contributed by atoms with van der Waals surface area (Å²) in [6.07, 6.45) is 0. The molecule has 0 saturated heterocycles. The largest absolute Gasteiger partial charge is 0.486 e. The number of ether oxygens (including phenoxy) is 2. The van der Waals surface area contributed by atoms with E-state index in [1.54, 1.807) is 44.3 Å². The molecular weight excluding hydrogens is 386 g/mol. The van der Waals surface area contributed by atoms with E-state index in [0.29, 0.717) is 22.2 Å². The molecule has 0 aliphatic carbocycles. The fourth-order valence-electron chi connectivity index (χ4n) is 2.60. The van der Waals surface area contributed by atoms with Crippen molar-refractivity contribution < 1.29 is 23.5 Å². The Kier molecular flexibility index (Phi) is 5.70. The number of rotatable bonds is 6. The zero-order chi connectivity index (χ0) is 20.3. The molecule has 0 fully saturated rings. The van der Waals surface area contributed by atoms with Gasteiger partial charge < -0.3 is 19.2 Å². The monoisotopic (exact) mass is 403 g/mol. The van der Waals surface area contributed by atoms with Crippen molar-refractivity contribution >= 4 is 29.2 Å². The van der Waals surface area contributed by atoms with Crippen molar-refractivity contribution in [3.8, 4) is 5.75 Å². The van der Waals surface area contributed by atoms with E-state index in [1.807, 2.05) is 0 Å². The van der Waals surface area contributed by atoms with Gasteiger partial charge in [0, 0.05) is 12.1 Å². The number of furan rings is 1. The van der Waals surface area contributed by atoms with Crippen LogP contribution >= 0.6 is 11.6 Å². The van der Waals surface area contributed by atoms with E-state index in [0.717, 1.165) is 0 Å². The van der Waals surface area contributed by atoms with E-state index in [-0.39, 0.29) is 23.7 Å². The van der Waals surface area contributed by atoms with Crippen LogP contribution in [0.5, 0.6) is 5.75 Å². The van der Waals surface area contributed by atoms with Crippen molar-refractivity contribution in [3.63, 3.8) is 0 Å². The molecule has 8 nitrogen and oxygen atoms in total. The number of nitrogens with zero attached hydrogens (tertiary/aromatic N) is 2. The number of amides is 1. The molecule has 0 unspecified atom stereocenters. The standard InChI is InChI=1S/C19H18ClN3O5/c1-11-16(17(19(25)26-3)23(2)22-11)21-18(24)15-8-7-14(28-15)10-27-13-6-4-5-12(20)9-13/h4-9H,10H2,1-3H3,(H,21,24). The molecule has 28 heavy (non-hydrogen) atoms. The minimum absolute atomic E-state index is 0.0729. The number of carbonyl (C=O) groups excluding carboxylic acids is 2. The van der Waals surface area contributed by atoms with E-state index in [2.05, 4.69) is 10.4 Å². The lowest BCUT2D eigenvalue weighted by molar-refractivity contribution is 0.0589. The summed E-state index contributed by atoms with van der Waals surface area (Å²) in [4.78, 5) is 24.5. The lowest BCUT2D eigenvalue weighted by Gasteiger charge is -2.06. The van der Waals surface area contributed by atoms with Crippen LogP contribution in [0.1, 0.15) is 32.5 Å². The summed E-state index contributed by atoms with van der Waals surface area (Å²) in [6, 6.07) is 10.1. The lowest BCUT2D eigenvalue weighted by Crippen LogP contribution is -2.16. The molecule has 2 aromatic heterocycles. The number of aromatic nitrogens is 2. The first-order valence-electron chi connectivity index (χ1n) is 8.29. The van der Waals surface area contributed by atoms with Gasteiger partial charge in [-0.1, -0.05) is 17.7 Å². The van der Waals surface area contributed by atoms with Crippen molar-refractivity contribution in [2.45, 2.75) is 13.5 Å². The number of carbonyl (C=O) groups is 2. The second-order valence-corrected chi connectivity index (χ2v) is 6.33. The Morgan fingerprint density at radius 2 is 2.07 bits per heavy atom. The van der Waals surface area contributed by atoms with Gasteiger partial charge in [-0.3, -0.25) is 9.48 Å². The zero-order valence-electron chi connectivity index (χ0n) is 15.5. The maximum absolute atomic E-state index is 12.5. The van der Waals surface area contributed by atoms with Gasteiger partial charge in [-0.15, -0.1) is 0 Å². The Morgan fingerprint density at radius 1 is 1.29 bits per heavy atom. The molecule has 3 aromatic rings. The molecule has 146 valence electrons. The molecule has 3 rings (SSSR count). The summed E-state index contributed by atoms with van der Waals surface area (Å²) < 4.78 is 17.2. The maximum Gasteiger partial charge on any atom is 0.358 e. The van der Waals surface area contributed by atoms with Gasteiger partial charge in [-0.2, -0.15) is 5.10 Å². The van der Waals surface area contributed by atoms with Gasteiger partial charge in [0.1, 0.15) is 18.1 Å². The van der Waals surface area contributed by atoms with Gasteiger partial charge in [0.2, 0.25) is 0 Å². The molecule has 0 spiro atoms. The number of methoxy groups -OCH3 is 1. The Bertz CT molecular complexity index is 1020. The van der Waals surface area contributed by atoms with E-state index in [1.165, 1.54) is 17.9 Å².